The molecule has 6 nitrogen and oxygen atoms in total. The normalized spacial score (nSPS) is 17.8. The van der Waals surface area contributed by atoms with Crippen LogP contribution < -0.4 is 9.62 Å². The van der Waals surface area contributed by atoms with Crippen LogP contribution in [0.1, 0.15) is 56.9 Å². The molecule has 1 N–H and O–H groups in total. The fraction of sp³-hybridized carbons (Fsp3) is 0.263. The lowest BCUT2D eigenvalue weighted by molar-refractivity contribution is -0.139. The Balaban J connectivity index is 1.90. The zero-order valence-electron chi connectivity index (χ0n) is 26.4. The molecule has 7 heteroatoms. The van der Waals surface area contributed by atoms with Crippen LogP contribution in [0.15, 0.2) is 127 Å². The minimum atomic E-state index is -1.71. The van der Waals surface area contributed by atoms with E-state index in [0.29, 0.717) is 11.3 Å². The smallest absolute Gasteiger partial charge is 0.333 e. The van der Waals surface area contributed by atoms with Gasteiger partial charge in [0.25, 0.3) is 5.91 Å². The molecule has 0 saturated heterocycles. The van der Waals surface area contributed by atoms with Crippen LogP contribution in [0.5, 0.6) is 0 Å². The van der Waals surface area contributed by atoms with Gasteiger partial charge in [-0.25, -0.2) is 13.7 Å². The molecule has 45 heavy (non-hydrogen) atoms. The van der Waals surface area contributed by atoms with Crippen LogP contribution in [0, 0.1) is 5.92 Å². The van der Waals surface area contributed by atoms with Crippen molar-refractivity contribution in [1.82, 2.24) is 4.72 Å². The molecule has 0 bridgehead atoms. The van der Waals surface area contributed by atoms with Crippen molar-refractivity contribution in [3.8, 4) is 0 Å². The predicted molar refractivity (Wildman–Crippen MR) is 181 cm³/mol. The fourth-order valence-electron chi connectivity index (χ4n) is 6.23. The molecule has 4 aromatic carbocycles. The summed E-state index contributed by atoms with van der Waals surface area (Å²) in [6.07, 6.45) is 0. The van der Waals surface area contributed by atoms with Crippen molar-refractivity contribution in [3.05, 3.63) is 150 Å². The van der Waals surface area contributed by atoms with Crippen LogP contribution in [0.25, 0.3) is 0 Å². The van der Waals surface area contributed by atoms with Crippen LogP contribution in [0.3, 0.4) is 0 Å². The van der Waals surface area contributed by atoms with Gasteiger partial charge in [-0.15, -0.1) is 0 Å². The van der Waals surface area contributed by atoms with E-state index in [9.17, 15) is 9.00 Å². The molecule has 232 valence electrons. The number of hydrogen-bond acceptors (Lipinski definition) is 4. The molecule has 0 fully saturated rings. The summed E-state index contributed by atoms with van der Waals surface area (Å²) in [5, 5.41) is 0. The Bertz CT molecular complexity index is 1620. The van der Waals surface area contributed by atoms with Gasteiger partial charge in [-0.3, -0.25) is 9.69 Å². The SMILES string of the molecule is C=C(C(=O)OCC)[C@H](C)[C@@]1(NS(=O)C(C)(C)C)C(=O)N(C(c2ccccc2)(c2ccccc2)c2ccccc2)c2ccccc21. The van der Waals surface area contributed by atoms with Gasteiger partial charge in [0, 0.05) is 17.1 Å². The van der Waals surface area contributed by atoms with Gasteiger partial charge in [-0.05, 0) is 50.5 Å². The first-order valence-corrected chi connectivity index (χ1v) is 16.3. The third-order valence-electron chi connectivity index (χ3n) is 8.54. The number of esters is 1. The summed E-state index contributed by atoms with van der Waals surface area (Å²) >= 11 is 0. The third-order valence-corrected chi connectivity index (χ3v) is 10.2. The monoisotopic (exact) mass is 620 g/mol. The molecule has 1 heterocycles. The lowest BCUT2D eigenvalue weighted by Crippen LogP contribution is -2.61. The Kier molecular flexibility index (Phi) is 8.97. The summed E-state index contributed by atoms with van der Waals surface area (Å²) in [6, 6.07) is 37.4. The maximum atomic E-state index is 15.8. The first-order chi connectivity index (χ1) is 21.5. The molecular weight excluding hydrogens is 580 g/mol. The Labute approximate surface area is 268 Å². The van der Waals surface area contributed by atoms with E-state index in [2.05, 4.69) is 11.3 Å². The summed E-state index contributed by atoms with van der Waals surface area (Å²) in [5.41, 5.74) is 1.21. The van der Waals surface area contributed by atoms with E-state index in [1.54, 1.807) is 13.8 Å². The minimum Gasteiger partial charge on any atom is -0.463 e. The van der Waals surface area contributed by atoms with Crippen molar-refractivity contribution in [1.29, 1.82) is 0 Å². The van der Waals surface area contributed by atoms with E-state index < -0.39 is 38.7 Å². The zero-order valence-corrected chi connectivity index (χ0v) is 27.3. The maximum Gasteiger partial charge on any atom is 0.333 e. The van der Waals surface area contributed by atoms with Gasteiger partial charge in [0.1, 0.15) is 11.1 Å². The lowest BCUT2D eigenvalue weighted by atomic mass is 9.74. The highest BCUT2D eigenvalue weighted by molar-refractivity contribution is 7.84. The fourth-order valence-corrected chi connectivity index (χ4v) is 7.20. The topological polar surface area (TPSA) is 75.7 Å². The number of para-hydroxylation sites is 1. The van der Waals surface area contributed by atoms with Crippen LogP contribution in [0.4, 0.5) is 5.69 Å². The summed E-state index contributed by atoms with van der Waals surface area (Å²) in [7, 11) is -1.71. The van der Waals surface area contributed by atoms with Crippen LogP contribution in [-0.2, 0) is 36.4 Å². The van der Waals surface area contributed by atoms with E-state index in [1.165, 1.54) is 0 Å². The second-order valence-corrected chi connectivity index (χ2v) is 14.2. The molecule has 0 radical (unpaired) electrons. The predicted octanol–water partition coefficient (Wildman–Crippen LogP) is 7.03. The van der Waals surface area contributed by atoms with E-state index >= 15 is 4.79 Å². The van der Waals surface area contributed by atoms with Crippen LogP contribution >= 0.6 is 0 Å². The van der Waals surface area contributed by atoms with Crippen molar-refractivity contribution in [2.45, 2.75) is 50.4 Å². The number of ether oxygens (including phenoxy) is 1. The van der Waals surface area contributed by atoms with E-state index in [4.69, 9.17) is 4.74 Å². The molecular formula is C38H40N2O4S. The summed E-state index contributed by atoms with van der Waals surface area (Å²) in [6.45, 7) is 13.3. The highest BCUT2D eigenvalue weighted by Crippen LogP contribution is 2.55. The van der Waals surface area contributed by atoms with Gasteiger partial charge in [-0.2, -0.15) is 0 Å². The van der Waals surface area contributed by atoms with E-state index in [-0.39, 0.29) is 18.1 Å². The Morgan fingerprint density at radius 3 is 1.73 bits per heavy atom. The Morgan fingerprint density at radius 1 is 0.844 bits per heavy atom. The standard InChI is InChI=1S/C38H40N2O4S/c1-7-44-34(41)27(2)28(3)37(39-45(43)36(4,5)6)32-25-17-18-26-33(32)40(35(37)42)38(29-19-11-8-12-20-29,30-21-13-9-14-22-30)31-23-15-10-16-24-31/h8-26,28,39H,2,7H2,1,3-6H3/t28-,37-,45?/m0/s1. The number of hydrogen-bond donors (Lipinski definition) is 1. The van der Waals surface area contributed by atoms with Gasteiger partial charge >= 0.3 is 5.97 Å². The summed E-state index contributed by atoms with van der Waals surface area (Å²) < 4.78 is 22.0. The highest BCUT2D eigenvalue weighted by Gasteiger charge is 2.62. The average molecular weight is 621 g/mol. The van der Waals surface area contributed by atoms with Gasteiger partial charge in [0.05, 0.1) is 28.0 Å². The van der Waals surface area contributed by atoms with Crippen molar-refractivity contribution in [3.63, 3.8) is 0 Å². The number of rotatable bonds is 10. The average Bonchev–Trinajstić information content (AvgIpc) is 3.30. The zero-order chi connectivity index (χ0) is 32.4. The molecule has 1 aliphatic rings. The molecule has 1 unspecified atom stereocenters. The second-order valence-electron chi connectivity index (χ2n) is 12.2. The molecule has 1 amide bonds. The van der Waals surface area contributed by atoms with Gasteiger partial charge in [0.15, 0.2) is 0 Å². The molecule has 0 spiro atoms. The number of carbonyl (C=O) groups is 2. The molecule has 5 rings (SSSR count). The summed E-state index contributed by atoms with van der Waals surface area (Å²) in [5.74, 6) is -1.78. The third kappa shape index (κ3) is 5.34. The molecule has 1 aliphatic heterocycles. The largest absolute Gasteiger partial charge is 0.463 e. The number of amides is 1. The minimum absolute atomic E-state index is 0.116. The van der Waals surface area contributed by atoms with Crippen molar-refractivity contribution >= 4 is 28.5 Å². The van der Waals surface area contributed by atoms with Crippen LogP contribution in [0.2, 0.25) is 0 Å². The number of nitrogens with one attached hydrogen (secondary N) is 1. The van der Waals surface area contributed by atoms with Gasteiger partial charge < -0.3 is 4.74 Å². The second kappa shape index (κ2) is 12.6. The molecule has 0 aromatic heterocycles. The molecule has 4 aromatic rings. The van der Waals surface area contributed by atoms with Crippen molar-refractivity contribution in [2.75, 3.05) is 11.5 Å². The number of nitrogens with zero attached hydrogens (tertiary/aromatic N) is 1. The Hall–Kier alpha value is -4.33. The van der Waals surface area contributed by atoms with E-state index in [1.807, 2.05) is 141 Å². The molecule has 3 atom stereocenters. The number of fused-ring (bicyclic) bond motifs is 1. The number of benzene rings is 4. The quantitative estimate of drug-likeness (QED) is 0.117. The van der Waals surface area contributed by atoms with Gasteiger partial charge in [0.2, 0.25) is 0 Å². The van der Waals surface area contributed by atoms with Crippen LogP contribution in [-0.4, -0.2) is 27.4 Å². The maximum absolute atomic E-state index is 15.8. The van der Waals surface area contributed by atoms with Crippen molar-refractivity contribution < 1.29 is 18.5 Å². The first kappa shape index (κ1) is 32.1. The Morgan fingerprint density at radius 2 is 1.29 bits per heavy atom. The molecule has 0 saturated carbocycles. The number of anilines is 1. The van der Waals surface area contributed by atoms with Gasteiger partial charge in [-0.1, -0.05) is 123 Å². The number of carbonyl (C=O) groups excluding carboxylic acids is 2. The molecule has 0 aliphatic carbocycles. The van der Waals surface area contributed by atoms with E-state index in [0.717, 1.165) is 16.7 Å². The highest BCUT2D eigenvalue weighted by atomic mass is 32.2. The summed E-state index contributed by atoms with van der Waals surface area (Å²) in [4.78, 5) is 30.8. The van der Waals surface area contributed by atoms with Crippen molar-refractivity contribution in [2.24, 2.45) is 5.92 Å². The first-order valence-electron chi connectivity index (χ1n) is 15.2. The lowest BCUT2D eigenvalue weighted by Gasteiger charge is -2.45.